The average Bonchev–Trinajstić information content (AvgIpc) is 3.32. The van der Waals surface area contributed by atoms with Gasteiger partial charge in [0.25, 0.3) is 0 Å². The summed E-state index contributed by atoms with van der Waals surface area (Å²) >= 11 is 0. The zero-order valence-electron chi connectivity index (χ0n) is 20.3. The summed E-state index contributed by atoms with van der Waals surface area (Å²) in [6, 6.07) is 47.6. The molecule has 0 aliphatic heterocycles. The Morgan fingerprint density at radius 1 is 0.459 bits per heavy atom. The Bertz CT molecular complexity index is 1850. The molecule has 7 rings (SSSR count). The van der Waals surface area contributed by atoms with Crippen molar-refractivity contribution in [1.29, 1.82) is 0 Å². The van der Waals surface area contributed by atoms with Gasteiger partial charge in [-0.1, -0.05) is 97.1 Å². The molecule has 5 aromatic carbocycles. The first-order valence-electron chi connectivity index (χ1n) is 12.6. The molecule has 0 atom stereocenters. The van der Waals surface area contributed by atoms with Crippen LogP contribution in [0.15, 0.2) is 146 Å². The highest BCUT2D eigenvalue weighted by Crippen LogP contribution is 2.41. The lowest BCUT2D eigenvalue weighted by Gasteiger charge is -2.14. The van der Waals surface area contributed by atoms with Crippen molar-refractivity contribution >= 4 is 21.8 Å². The van der Waals surface area contributed by atoms with Crippen LogP contribution in [0.3, 0.4) is 0 Å². The fourth-order valence-electron chi connectivity index (χ4n) is 5.37. The van der Waals surface area contributed by atoms with Crippen molar-refractivity contribution in [3.63, 3.8) is 0 Å². The van der Waals surface area contributed by atoms with Crippen LogP contribution in [0.4, 0.5) is 0 Å². The Balaban J connectivity index is 1.56. The van der Waals surface area contributed by atoms with Crippen LogP contribution in [-0.2, 0) is 0 Å². The monoisotopic (exact) mass is 472 g/mol. The Morgan fingerprint density at radius 3 is 1.89 bits per heavy atom. The van der Waals surface area contributed by atoms with E-state index in [1.807, 2.05) is 18.5 Å². The summed E-state index contributed by atoms with van der Waals surface area (Å²) in [6.45, 7) is 0. The van der Waals surface area contributed by atoms with E-state index in [1.165, 1.54) is 55.2 Å². The predicted molar refractivity (Wildman–Crippen MR) is 155 cm³/mol. The third-order valence-corrected chi connectivity index (χ3v) is 7.06. The molecule has 174 valence electrons. The second-order valence-electron chi connectivity index (χ2n) is 9.30. The van der Waals surface area contributed by atoms with Crippen molar-refractivity contribution in [3.8, 4) is 39.1 Å². The maximum Gasteiger partial charge on any atom is 0.0645 e. The van der Waals surface area contributed by atoms with Gasteiger partial charge in [-0.05, 0) is 64.2 Å². The van der Waals surface area contributed by atoms with Gasteiger partial charge in [0.1, 0.15) is 0 Å². The molecular formula is C35H24N2. The molecule has 2 nitrogen and oxygen atoms in total. The summed E-state index contributed by atoms with van der Waals surface area (Å²) in [7, 11) is 0. The molecule has 0 radical (unpaired) electrons. The minimum Gasteiger partial charge on any atom is -0.307 e. The maximum atomic E-state index is 4.44. The number of hydrogen-bond acceptors (Lipinski definition) is 1. The lowest BCUT2D eigenvalue weighted by atomic mass is 9.94. The van der Waals surface area contributed by atoms with E-state index in [0.29, 0.717) is 0 Å². The topological polar surface area (TPSA) is 17.8 Å². The predicted octanol–water partition coefficient (Wildman–Crippen LogP) is 9.18. The number of fused-ring (bicyclic) bond motifs is 3. The lowest BCUT2D eigenvalue weighted by Crippen LogP contribution is -1.96. The zero-order valence-corrected chi connectivity index (χ0v) is 20.3. The molecule has 0 saturated heterocycles. The first-order chi connectivity index (χ1) is 18.4. The van der Waals surface area contributed by atoms with E-state index in [2.05, 4.69) is 137 Å². The van der Waals surface area contributed by atoms with Crippen molar-refractivity contribution in [1.82, 2.24) is 9.55 Å². The van der Waals surface area contributed by atoms with Crippen LogP contribution in [0.25, 0.3) is 60.9 Å². The van der Waals surface area contributed by atoms with Crippen LogP contribution in [0, 0.1) is 0 Å². The molecule has 2 heteroatoms. The second-order valence-corrected chi connectivity index (χ2v) is 9.30. The third kappa shape index (κ3) is 3.71. The minimum atomic E-state index is 1.06. The number of para-hydroxylation sites is 1. The van der Waals surface area contributed by atoms with Gasteiger partial charge in [-0.3, -0.25) is 4.98 Å². The summed E-state index contributed by atoms with van der Waals surface area (Å²) in [5, 5.41) is 2.47. The highest BCUT2D eigenvalue weighted by atomic mass is 15.0. The van der Waals surface area contributed by atoms with E-state index in [0.717, 1.165) is 5.69 Å². The molecule has 0 unspecified atom stereocenters. The largest absolute Gasteiger partial charge is 0.307 e. The van der Waals surface area contributed by atoms with Crippen molar-refractivity contribution in [2.45, 2.75) is 0 Å². The molecule has 2 heterocycles. The first kappa shape index (κ1) is 21.3. The molecule has 0 amide bonds. The van der Waals surface area contributed by atoms with Crippen LogP contribution in [0.1, 0.15) is 0 Å². The summed E-state index contributed by atoms with van der Waals surface area (Å²) < 4.78 is 2.35. The number of rotatable bonds is 4. The summed E-state index contributed by atoms with van der Waals surface area (Å²) in [4.78, 5) is 4.44. The van der Waals surface area contributed by atoms with Gasteiger partial charge in [-0.25, -0.2) is 0 Å². The van der Waals surface area contributed by atoms with Crippen LogP contribution >= 0.6 is 0 Å². The van der Waals surface area contributed by atoms with Gasteiger partial charge in [0.2, 0.25) is 0 Å². The quantitative estimate of drug-likeness (QED) is 0.250. The summed E-state index contributed by atoms with van der Waals surface area (Å²) in [5.74, 6) is 0. The number of pyridine rings is 1. The van der Waals surface area contributed by atoms with Gasteiger partial charge in [0.05, 0.1) is 22.9 Å². The van der Waals surface area contributed by atoms with Gasteiger partial charge in [-0.2, -0.15) is 0 Å². The van der Waals surface area contributed by atoms with Gasteiger partial charge in [0.15, 0.2) is 0 Å². The summed E-state index contributed by atoms with van der Waals surface area (Å²) in [5.41, 5.74) is 10.7. The van der Waals surface area contributed by atoms with E-state index in [1.54, 1.807) is 0 Å². The Hall–Kier alpha value is -4.95. The molecule has 0 aliphatic carbocycles. The molecule has 2 aromatic heterocycles. The van der Waals surface area contributed by atoms with Crippen molar-refractivity contribution in [2.75, 3.05) is 0 Å². The molecule has 0 spiro atoms. The van der Waals surface area contributed by atoms with E-state index < -0.39 is 0 Å². The SMILES string of the molecule is c1ccc(-c2cccc(-c3cc(-c4ccccc4)c4c(c3)c3ccccc3n4-c3cccnc3)c2)cc1. The van der Waals surface area contributed by atoms with E-state index >= 15 is 0 Å². The highest BCUT2D eigenvalue weighted by Gasteiger charge is 2.18. The maximum absolute atomic E-state index is 4.44. The average molecular weight is 473 g/mol. The standard InChI is InChI=1S/C35H24N2/c1-3-11-25(12-4-1)27-15-9-16-28(21-27)29-22-32(26-13-5-2-6-14-26)35-33(23-29)31-18-7-8-19-34(31)37(35)30-17-10-20-36-24-30/h1-24H. The number of hydrogen-bond donors (Lipinski definition) is 0. The van der Waals surface area contributed by atoms with Gasteiger partial charge >= 0.3 is 0 Å². The second kappa shape index (κ2) is 8.92. The van der Waals surface area contributed by atoms with E-state index in [-0.39, 0.29) is 0 Å². The van der Waals surface area contributed by atoms with Crippen LogP contribution in [0.5, 0.6) is 0 Å². The third-order valence-electron chi connectivity index (χ3n) is 7.06. The normalized spacial score (nSPS) is 11.2. The van der Waals surface area contributed by atoms with Crippen LogP contribution in [0.2, 0.25) is 0 Å². The van der Waals surface area contributed by atoms with Crippen molar-refractivity contribution < 1.29 is 0 Å². The zero-order chi connectivity index (χ0) is 24.6. The number of aromatic nitrogens is 2. The minimum absolute atomic E-state index is 1.06. The first-order valence-corrected chi connectivity index (χ1v) is 12.6. The van der Waals surface area contributed by atoms with E-state index in [9.17, 15) is 0 Å². The fourth-order valence-corrected chi connectivity index (χ4v) is 5.37. The number of nitrogens with zero attached hydrogens (tertiary/aromatic N) is 2. The molecule has 37 heavy (non-hydrogen) atoms. The molecule has 7 aromatic rings. The fraction of sp³-hybridized carbons (Fsp3) is 0. The number of benzene rings is 5. The summed E-state index contributed by atoms with van der Waals surface area (Å²) in [6.07, 6.45) is 3.77. The Morgan fingerprint density at radius 2 is 1.14 bits per heavy atom. The molecule has 0 saturated carbocycles. The van der Waals surface area contributed by atoms with Crippen LogP contribution in [-0.4, -0.2) is 9.55 Å². The molecule has 0 bridgehead atoms. The Labute approximate surface area is 216 Å². The van der Waals surface area contributed by atoms with E-state index in [4.69, 9.17) is 0 Å². The molecule has 0 N–H and O–H groups in total. The lowest BCUT2D eigenvalue weighted by molar-refractivity contribution is 1.14. The smallest absolute Gasteiger partial charge is 0.0645 e. The van der Waals surface area contributed by atoms with Crippen molar-refractivity contribution in [2.24, 2.45) is 0 Å². The molecule has 0 aliphatic rings. The van der Waals surface area contributed by atoms with Crippen molar-refractivity contribution in [3.05, 3.63) is 146 Å². The van der Waals surface area contributed by atoms with Gasteiger partial charge in [0, 0.05) is 22.5 Å². The highest BCUT2D eigenvalue weighted by molar-refractivity contribution is 6.15. The Kier molecular flexibility index (Phi) is 5.15. The van der Waals surface area contributed by atoms with Gasteiger partial charge in [-0.15, -0.1) is 0 Å². The van der Waals surface area contributed by atoms with Crippen LogP contribution < -0.4 is 0 Å². The molecular weight excluding hydrogens is 448 g/mol. The molecule has 0 fully saturated rings. The van der Waals surface area contributed by atoms with Gasteiger partial charge < -0.3 is 4.57 Å².